The van der Waals surface area contributed by atoms with Gasteiger partial charge in [-0.05, 0) is 12.8 Å². The van der Waals surface area contributed by atoms with Gasteiger partial charge in [0, 0.05) is 43.7 Å². The van der Waals surface area contributed by atoms with Gasteiger partial charge in [-0.15, -0.1) is 0 Å². The molecule has 0 aromatic carbocycles. The predicted octanol–water partition coefficient (Wildman–Crippen LogP) is 3.41. The molecule has 0 radical (unpaired) electrons. The Morgan fingerprint density at radius 1 is 1.26 bits per heavy atom. The zero-order valence-corrected chi connectivity index (χ0v) is 19.8. The van der Waals surface area contributed by atoms with Gasteiger partial charge in [0.1, 0.15) is 17.6 Å². The lowest BCUT2D eigenvalue weighted by atomic mass is 9.74. The van der Waals surface area contributed by atoms with Crippen molar-refractivity contribution in [2.75, 3.05) is 33.0 Å². The van der Waals surface area contributed by atoms with E-state index in [2.05, 4.69) is 10.4 Å². The molecule has 0 spiro atoms. The second-order valence-electron chi connectivity index (χ2n) is 10.1. The summed E-state index contributed by atoms with van der Waals surface area (Å²) in [5.41, 5.74) is 0.680. The number of halogens is 2. The molecule has 2 aliphatic heterocycles. The Kier molecular flexibility index (Phi) is 6.02. The summed E-state index contributed by atoms with van der Waals surface area (Å²) in [6, 6.07) is 0. The second-order valence-corrected chi connectivity index (χ2v) is 10.1. The fourth-order valence-corrected chi connectivity index (χ4v) is 5.07. The van der Waals surface area contributed by atoms with Gasteiger partial charge in [0.25, 0.3) is 11.8 Å². The largest absolute Gasteiger partial charge is 0.455 e. The quantitative estimate of drug-likeness (QED) is 0.683. The Labute approximate surface area is 196 Å². The molecule has 3 aliphatic rings. The van der Waals surface area contributed by atoms with Crippen LogP contribution in [0.25, 0.3) is 11.3 Å². The zero-order valence-electron chi connectivity index (χ0n) is 19.8. The molecule has 2 aromatic heterocycles. The van der Waals surface area contributed by atoms with Crippen molar-refractivity contribution in [2.45, 2.75) is 70.1 Å². The van der Waals surface area contributed by atoms with E-state index in [1.54, 1.807) is 4.68 Å². The van der Waals surface area contributed by atoms with Crippen LogP contribution in [0.5, 0.6) is 0 Å². The first kappa shape index (κ1) is 23.4. The maximum atomic E-state index is 15.0. The maximum Gasteiger partial charge on any atom is 0.287 e. The van der Waals surface area contributed by atoms with Crippen LogP contribution in [0.15, 0.2) is 10.6 Å². The van der Waals surface area contributed by atoms with E-state index in [0.29, 0.717) is 50.8 Å². The summed E-state index contributed by atoms with van der Waals surface area (Å²) in [4.78, 5) is 13.0. The molecule has 2 saturated heterocycles. The lowest BCUT2D eigenvalue weighted by molar-refractivity contribution is -0.0946. The van der Waals surface area contributed by atoms with E-state index in [0.717, 1.165) is 25.3 Å². The third-order valence-corrected chi connectivity index (χ3v) is 6.75. The first-order valence-electron chi connectivity index (χ1n) is 11.8. The van der Waals surface area contributed by atoms with Gasteiger partial charge >= 0.3 is 0 Å². The molecule has 1 aliphatic carbocycles. The molecule has 4 heterocycles. The Morgan fingerprint density at radius 2 is 2.06 bits per heavy atom. The Hall–Kier alpha value is -2.30. The van der Waals surface area contributed by atoms with Gasteiger partial charge in [-0.25, -0.2) is 8.78 Å². The highest BCUT2D eigenvalue weighted by Gasteiger charge is 2.45. The van der Waals surface area contributed by atoms with Crippen molar-refractivity contribution in [2.24, 2.45) is 0 Å². The molecular weight excluding hydrogens is 448 g/mol. The number of rotatable bonds is 6. The van der Waals surface area contributed by atoms with Crippen molar-refractivity contribution in [1.82, 2.24) is 15.1 Å². The number of hydrogen-bond acceptors (Lipinski definition) is 6. The molecule has 5 rings (SSSR count). The molecule has 1 N–H and O–H groups in total. The Balaban J connectivity index is 1.51. The minimum absolute atomic E-state index is 0.105. The number of carbonyl (C=O) groups is 1. The van der Waals surface area contributed by atoms with Crippen LogP contribution in [0.3, 0.4) is 0 Å². The number of aromatic nitrogens is 2. The number of fused-ring (bicyclic) bond motifs is 3. The molecule has 0 saturated carbocycles. The standard InChI is InChI=1S/C24H31F2N3O5/c1-23(2)9-17-18(20-16(23)12-29(28-20)11-15-13-31-7-8-33-15)19(24(3,25)26)21(34-17)22(30)27-10-14-5-4-6-32-14/h12,14-15H,4-11,13H2,1-3H3,(H,27,30)/t14-,15-/m0/s1. The molecule has 8 nitrogen and oxygen atoms in total. The minimum atomic E-state index is -3.30. The van der Waals surface area contributed by atoms with Crippen LogP contribution in [-0.2, 0) is 38.5 Å². The Morgan fingerprint density at radius 3 is 2.74 bits per heavy atom. The van der Waals surface area contributed by atoms with Gasteiger partial charge < -0.3 is 23.9 Å². The maximum absolute atomic E-state index is 15.0. The number of furan rings is 1. The first-order chi connectivity index (χ1) is 16.1. The summed E-state index contributed by atoms with van der Waals surface area (Å²) >= 11 is 0. The molecule has 0 unspecified atom stereocenters. The number of amides is 1. The lowest BCUT2D eigenvalue weighted by Gasteiger charge is -2.28. The van der Waals surface area contributed by atoms with Gasteiger partial charge in [0.15, 0.2) is 0 Å². The summed E-state index contributed by atoms with van der Waals surface area (Å²) in [5.74, 6) is -3.94. The van der Waals surface area contributed by atoms with Crippen molar-refractivity contribution in [3.8, 4) is 11.3 Å². The SMILES string of the molecule is CC(F)(F)c1c(C(=O)NC[C@@H]2CCCO2)oc2c1-c1nn(C[C@H]3COCCO3)cc1C(C)(C)C2. The van der Waals surface area contributed by atoms with Crippen molar-refractivity contribution in [3.63, 3.8) is 0 Å². The van der Waals surface area contributed by atoms with E-state index in [1.165, 1.54) is 0 Å². The van der Waals surface area contributed by atoms with Gasteiger partial charge in [-0.2, -0.15) is 5.10 Å². The molecule has 2 atom stereocenters. The summed E-state index contributed by atoms with van der Waals surface area (Å²) in [5, 5.41) is 7.39. The number of ether oxygens (including phenoxy) is 3. The van der Waals surface area contributed by atoms with Crippen LogP contribution in [0.1, 0.15) is 61.1 Å². The molecule has 10 heteroatoms. The van der Waals surface area contributed by atoms with E-state index in [-0.39, 0.29) is 30.1 Å². The van der Waals surface area contributed by atoms with Crippen molar-refractivity contribution >= 4 is 5.91 Å². The first-order valence-corrected chi connectivity index (χ1v) is 11.8. The predicted molar refractivity (Wildman–Crippen MR) is 118 cm³/mol. The van der Waals surface area contributed by atoms with E-state index in [4.69, 9.17) is 18.6 Å². The van der Waals surface area contributed by atoms with Crippen LogP contribution < -0.4 is 5.32 Å². The fraction of sp³-hybridized carbons (Fsp3) is 0.667. The third-order valence-electron chi connectivity index (χ3n) is 6.75. The van der Waals surface area contributed by atoms with Gasteiger partial charge in [-0.3, -0.25) is 9.48 Å². The monoisotopic (exact) mass is 479 g/mol. The highest BCUT2D eigenvalue weighted by atomic mass is 19.3. The number of nitrogens with one attached hydrogen (secondary N) is 1. The van der Waals surface area contributed by atoms with E-state index in [1.807, 2.05) is 20.0 Å². The average Bonchev–Trinajstić information content (AvgIpc) is 3.50. The number of carbonyl (C=O) groups excluding carboxylic acids is 1. The molecule has 2 fully saturated rings. The molecule has 186 valence electrons. The van der Waals surface area contributed by atoms with E-state index < -0.39 is 22.8 Å². The summed E-state index contributed by atoms with van der Waals surface area (Å²) in [7, 11) is 0. The molecule has 34 heavy (non-hydrogen) atoms. The minimum Gasteiger partial charge on any atom is -0.455 e. The number of nitrogens with zero attached hydrogens (tertiary/aromatic N) is 2. The van der Waals surface area contributed by atoms with Crippen molar-refractivity contribution in [3.05, 3.63) is 28.8 Å². The number of hydrogen-bond donors (Lipinski definition) is 1. The van der Waals surface area contributed by atoms with Crippen LogP contribution in [-0.4, -0.2) is 60.9 Å². The summed E-state index contributed by atoms with van der Waals surface area (Å²) < 4.78 is 54.3. The van der Waals surface area contributed by atoms with E-state index in [9.17, 15) is 13.6 Å². The summed E-state index contributed by atoms with van der Waals surface area (Å²) in [6.45, 7) is 7.71. The van der Waals surface area contributed by atoms with E-state index >= 15 is 0 Å². The van der Waals surface area contributed by atoms with Crippen molar-refractivity contribution in [1.29, 1.82) is 0 Å². The highest BCUT2D eigenvalue weighted by molar-refractivity contribution is 5.96. The normalized spacial score (nSPS) is 24.0. The van der Waals surface area contributed by atoms with Crippen molar-refractivity contribution < 1.29 is 32.2 Å². The summed E-state index contributed by atoms with van der Waals surface area (Å²) in [6.07, 6.45) is 3.76. The Bertz CT molecular complexity index is 1060. The van der Waals surface area contributed by atoms with Gasteiger partial charge in [0.2, 0.25) is 5.76 Å². The molecule has 1 amide bonds. The third kappa shape index (κ3) is 4.38. The van der Waals surface area contributed by atoms with Gasteiger partial charge in [0.05, 0.1) is 43.6 Å². The van der Waals surface area contributed by atoms with Crippen LogP contribution in [0.4, 0.5) is 8.78 Å². The molecule has 2 aromatic rings. The van der Waals surface area contributed by atoms with Crippen LogP contribution >= 0.6 is 0 Å². The highest BCUT2D eigenvalue weighted by Crippen LogP contribution is 2.49. The van der Waals surface area contributed by atoms with Crippen LogP contribution in [0.2, 0.25) is 0 Å². The van der Waals surface area contributed by atoms with Crippen LogP contribution in [0, 0.1) is 0 Å². The molecular formula is C24H31F2N3O5. The fourth-order valence-electron chi connectivity index (χ4n) is 5.07. The zero-order chi connectivity index (χ0) is 24.1. The van der Waals surface area contributed by atoms with Gasteiger partial charge in [-0.1, -0.05) is 13.8 Å². The number of alkyl halides is 2. The lowest BCUT2D eigenvalue weighted by Crippen LogP contribution is -2.32. The smallest absolute Gasteiger partial charge is 0.287 e. The topological polar surface area (TPSA) is 87.8 Å². The second kappa shape index (κ2) is 8.73. The average molecular weight is 480 g/mol. The molecule has 0 bridgehead atoms.